The van der Waals surface area contributed by atoms with E-state index in [1.807, 2.05) is 13.0 Å². The molecule has 4 nitrogen and oxygen atoms in total. The van der Waals surface area contributed by atoms with Crippen LogP contribution in [-0.4, -0.2) is 28.1 Å². The zero-order valence-corrected chi connectivity index (χ0v) is 10.4. The van der Waals surface area contributed by atoms with E-state index < -0.39 is 12.7 Å². The van der Waals surface area contributed by atoms with E-state index in [1.54, 1.807) is 12.1 Å². The maximum atomic E-state index is 12.5. The van der Waals surface area contributed by atoms with E-state index in [-0.39, 0.29) is 5.82 Å². The molecule has 1 aromatic carbocycles. The molecular formula is C12H12F3N3O. The Morgan fingerprint density at radius 1 is 1.32 bits per heavy atom. The van der Waals surface area contributed by atoms with Gasteiger partial charge in [-0.05, 0) is 18.6 Å². The maximum Gasteiger partial charge on any atom is 0.408 e. The lowest BCUT2D eigenvalue weighted by Crippen LogP contribution is -2.19. The van der Waals surface area contributed by atoms with Crippen molar-refractivity contribution in [3.8, 4) is 17.1 Å². The van der Waals surface area contributed by atoms with Crippen molar-refractivity contribution in [2.45, 2.75) is 19.6 Å². The highest BCUT2D eigenvalue weighted by Gasteiger charge is 2.30. The fourth-order valence-corrected chi connectivity index (χ4v) is 1.86. The number of methoxy groups -OCH3 is 1. The van der Waals surface area contributed by atoms with Gasteiger partial charge in [-0.1, -0.05) is 12.1 Å². The Balaban J connectivity index is 2.49. The Morgan fingerprint density at radius 3 is 2.68 bits per heavy atom. The van der Waals surface area contributed by atoms with E-state index >= 15 is 0 Å². The first-order chi connectivity index (χ1) is 8.92. The van der Waals surface area contributed by atoms with E-state index in [0.29, 0.717) is 11.3 Å². The van der Waals surface area contributed by atoms with Crippen LogP contribution in [0.2, 0.25) is 0 Å². The molecule has 2 rings (SSSR count). The molecule has 0 radical (unpaired) electrons. The summed E-state index contributed by atoms with van der Waals surface area (Å²) in [5.74, 6) is 0.636. The van der Waals surface area contributed by atoms with Crippen LogP contribution in [-0.2, 0) is 6.54 Å². The first-order valence-corrected chi connectivity index (χ1v) is 5.51. The minimum Gasteiger partial charge on any atom is -0.496 e. The molecule has 0 saturated heterocycles. The first-order valence-electron chi connectivity index (χ1n) is 5.51. The molecule has 0 unspecified atom stereocenters. The highest BCUT2D eigenvalue weighted by molar-refractivity contribution is 5.66. The number of benzene rings is 1. The van der Waals surface area contributed by atoms with Crippen molar-refractivity contribution in [3.63, 3.8) is 0 Å². The van der Waals surface area contributed by atoms with Crippen molar-refractivity contribution < 1.29 is 17.9 Å². The zero-order chi connectivity index (χ0) is 14.0. The molecule has 0 fully saturated rings. The molecule has 0 aliphatic rings. The lowest BCUT2D eigenvalue weighted by molar-refractivity contribution is -0.142. The lowest BCUT2D eigenvalue weighted by atomic mass is 10.1. The first kappa shape index (κ1) is 13.4. The minimum atomic E-state index is -4.35. The number of halogens is 3. The number of hydrogen-bond donors (Lipinski definition) is 0. The normalized spacial score (nSPS) is 11.6. The Bertz CT molecular complexity index is 578. The Kier molecular flexibility index (Phi) is 3.46. The topological polar surface area (TPSA) is 39.9 Å². The van der Waals surface area contributed by atoms with Gasteiger partial charge in [0.25, 0.3) is 0 Å². The second kappa shape index (κ2) is 4.91. The minimum absolute atomic E-state index is 0.137. The number of nitrogens with zero attached hydrogens (tertiary/aromatic N) is 3. The summed E-state index contributed by atoms with van der Waals surface area (Å²) >= 11 is 0. The monoisotopic (exact) mass is 271 g/mol. The number of ether oxygens (including phenoxy) is 1. The SMILES string of the molecule is COc1c(C)cccc1-c1ncnn1CC(F)(F)F. The third-order valence-corrected chi connectivity index (χ3v) is 2.60. The summed E-state index contributed by atoms with van der Waals surface area (Å²) in [4.78, 5) is 3.89. The smallest absolute Gasteiger partial charge is 0.408 e. The van der Waals surface area contributed by atoms with Crippen LogP contribution in [0.1, 0.15) is 5.56 Å². The quantitative estimate of drug-likeness (QED) is 0.861. The van der Waals surface area contributed by atoms with Gasteiger partial charge in [-0.2, -0.15) is 18.3 Å². The van der Waals surface area contributed by atoms with E-state index in [2.05, 4.69) is 10.1 Å². The van der Waals surface area contributed by atoms with Gasteiger partial charge in [0, 0.05) is 0 Å². The summed E-state index contributed by atoms with van der Waals surface area (Å²) in [5, 5.41) is 3.61. The zero-order valence-electron chi connectivity index (χ0n) is 10.4. The van der Waals surface area contributed by atoms with Crippen LogP contribution in [0.25, 0.3) is 11.4 Å². The molecule has 1 aromatic heterocycles. The van der Waals surface area contributed by atoms with Crippen LogP contribution < -0.4 is 4.74 Å². The van der Waals surface area contributed by atoms with Gasteiger partial charge in [-0.15, -0.1) is 0 Å². The van der Waals surface area contributed by atoms with Gasteiger partial charge in [-0.3, -0.25) is 0 Å². The number of hydrogen-bond acceptors (Lipinski definition) is 3. The standard InChI is InChI=1S/C12H12F3N3O/c1-8-4-3-5-9(10(8)19-2)11-16-7-17-18(11)6-12(13,14)15/h3-5,7H,6H2,1-2H3. The predicted octanol–water partition coefficient (Wildman–Crippen LogP) is 2.82. The third-order valence-electron chi connectivity index (χ3n) is 2.60. The van der Waals surface area contributed by atoms with Crippen LogP contribution in [0.4, 0.5) is 13.2 Å². The fourth-order valence-electron chi connectivity index (χ4n) is 1.86. The summed E-state index contributed by atoms with van der Waals surface area (Å²) < 4.78 is 43.4. The maximum absolute atomic E-state index is 12.5. The molecule has 2 aromatic rings. The molecule has 7 heteroatoms. The highest BCUT2D eigenvalue weighted by Crippen LogP contribution is 2.32. The molecule has 0 N–H and O–H groups in total. The number of aromatic nitrogens is 3. The van der Waals surface area contributed by atoms with Crippen molar-refractivity contribution >= 4 is 0 Å². The molecule has 0 spiro atoms. The van der Waals surface area contributed by atoms with Crippen LogP contribution in [0.5, 0.6) is 5.75 Å². The number of rotatable bonds is 3. The van der Waals surface area contributed by atoms with Crippen LogP contribution in [0.15, 0.2) is 24.5 Å². The van der Waals surface area contributed by atoms with Crippen molar-refractivity contribution in [1.82, 2.24) is 14.8 Å². The number of alkyl halides is 3. The number of aryl methyl sites for hydroxylation is 1. The van der Waals surface area contributed by atoms with Crippen molar-refractivity contribution in [2.24, 2.45) is 0 Å². The Morgan fingerprint density at radius 2 is 2.05 bits per heavy atom. The average molecular weight is 271 g/mol. The largest absolute Gasteiger partial charge is 0.496 e. The molecule has 0 saturated carbocycles. The van der Waals surface area contributed by atoms with Gasteiger partial charge in [0.1, 0.15) is 18.6 Å². The summed E-state index contributed by atoms with van der Waals surface area (Å²) in [6, 6.07) is 5.20. The summed E-state index contributed by atoms with van der Waals surface area (Å²) in [5.41, 5.74) is 1.31. The molecule has 19 heavy (non-hydrogen) atoms. The average Bonchev–Trinajstić information content (AvgIpc) is 2.74. The molecule has 0 atom stereocenters. The summed E-state index contributed by atoms with van der Waals surface area (Å²) in [6.07, 6.45) is -3.25. The van der Waals surface area contributed by atoms with E-state index in [1.165, 1.54) is 7.11 Å². The van der Waals surface area contributed by atoms with Crippen LogP contribution in [0.3, 0.4) is 0 Å². The number of para-hydroxylation sites is 1. The molecule has 0 aliphatic heterocycles. The molecule has 0 aliphatic carbocycles. The Hall–Kier alpha value is -2.05. The van der Waals surface area contributed by atoms with Gasteiger partial charge >= 0.3 is 6.18 Å². The highest BCUT2D eigenvalue weighted by atomic mass is 19.4. The van der Waals surface area contributed by atoms with Gasteiger partial charge in [-0.25, -0.2) is 9.67 Å². The summed E-state index contributed by atoms with van der Waals surface area (Å²) in [7, 11) is 1.47. The van der Waals surface area contributed by atoms with E-state index in [9.17, 15) is 13.2 Å². The third kappa shape index (κ3) is 2.86. The van der Waals surface area contributed by atoms with Gasteiger partial charge in [0.05, 0.1) is 12.7 Å². The van der Waals surface area contributed by atoms with Crippen LogP contribution >= 0.6 is 0 Å². The predicted molar refractivity (Wildman–Crippen MR) is 62.8 cm³/mol. The molecule has 0 amide bonds. The fraction of sp³-hybridized carbons (Fsp3) is 0.333. The molecule has 1 heterocycles. The van der Waals surface area contributed by atoms with Crippen molar-refractivity contribution in [3.05, 3.63) is 30.1 Å². The molecular weight excluding hydrogens is 259 g/mol. The van der Waals surface area contributed by atoms with Gasteiger partial charge in [0.2, 0.25) is 0 Å². The van der Waals surface area contributed by atoms with Gasteiger partial charge < -0.3 is 4.74 Å². The van der Waals surface area contributed by atoms with Gasteiger partial charge in [0.15, 0.2) is 5.82 Å². The molecule has 102 valence electrons. The van der Waals surface area contributed by atoms with Crippen LogP contribution in [0, 0.1) is 6.92 Å². The second-order valence-electron chi connectivity index (χ2n) is 4.01. The Labute approximate surface area is 107 Å². The van der Waals surface area contributed by atoms with Crippen molar-refractivity contribution in [2.75, 3.05) is 7.11 Å². The summed E-state index contributed by atoms with van der Waals surface area (Å²) in [6.45, 7) is 0.631. The lowest BCUT2D eigenvalue weighted by Gasteiger charge is -2.13. The van der Waals surface area contributed by atoms with E-state index in [0.717, 1.165) is 16.6 Å². The van der Waals surface area contributed by atoms with E-state index in [4.69, 9.17) is 4.74 Å². The second-order valence-corrected chi connectivity index (χ2v) is 4.01. The molecule has 0 bridgehead atoms. The van der Waals surface area contributed by atoms with Crippen molar-refractivity contribution in [1.29, 1.82) is 0 Å².